The normalized spacial score (nSPS) is 23.8. The Balaban J connectivity index is 1.35. The fourth-order valence-electron chi connectivity index (χ4n) is 4.00. The number of benzene rings is 1. The van der Waals surface area contributed by atoms with Gasteiger partial charge in [-0.15, -0.1) is 0 Å². The van der Waals surface area contributed by atoms with E-state index in [2.05, 4.69) is 20.4 Å². The molecule has 0 spiro atoms. The van der Waals surface area contributed by atoms with Gasteiger partial charge in [0, 0.05) is 29.7 Å². The quantitative estimate of drug-likeness (QED) is 0.804. The first-order valence-electron chi connectivity index (χ1n) is 10.1. The molecule has 1 unspecified atom stereocenters. The van der Waals surface area contributed by atoms with Gasteiger partial charge in [0.1, 0.15) is 18.1 Å². The van der Waals surface area contributed by atoms with Crippen LogP contribution in [0.1, 0.15) is 12.6 Å². The fourth-order valence-corrected chi connectivity index (χ4v) is 4.00. The second-order valence-corrected chi connectivity index (χ2v) is 7.69. The Morgan fingerprint density at radius 2 is 2.23 bits per heavy atom. The molecule has 1 aromatic carbocycles. The van der Waals surface area contributed by atoms with E-state index in [-0.39, 0.29) is 18.0 Å². The maximum Gasteiger partial charge on any atom is 0.246 e. The number of hydrogen-bond acceptors (Lipinski definition) is 7. The predicted octanol–water partition coefficient (Wildman–Crippen LogP) is 2.31. The number of fused-ring (bicyclic) bond motifs is 2. The zero-order chi connectivity index (χ0) is 20.7. The number of aromatic amines is 1. The van der Waals surface area contributed by atoms with Crippen LogP contribution >= 0.6 is 0 Å². The van der Waals surface area contributed by atoms with Crippen LogP contribution in [0.4, 0.5) is 4.39 Å². The zero-order valence-corrected chi connectivity index (χ0v) is 16.9. The van der Waals surface area contributed by atoms with Crippen molar-refractivity contribution < 1.29 is 18.6 Å². The first kappa shape index (κ1) is 19.2. The maximum atomic E-state index is 15.0. The van der Waals surface area contributed by atoms with Gasteiger partial charge in [-0.1, -0.05) is 0 Å². The van der Waals surface area contributed by atoms with Crippen molar-refractivity contribution in [2.24, 2.45) is 10.1 Å². The first-order chi connectivity index (χ1) is 14.6. The van der Waals surface area contributed by atoms with Crippen LogP contribution in [0.2, 0.25) is 0 Å². The van der Waals surface area contributed by atoms with E-state index < -0.39 is 5.82 Å². The summed E-state index contributed by atoms with van der Waals surface area (Å²) in [5, 5.41) is 9.90. The number of hydrogen-bond donors (Lipinski definition) is 2. The average Bonchev–Trinajstić information content (AvgIpc) is 3.30. The summed E-state index contributed by atoms with van der Waals surface area (Å²) in [6, 6.07) is 5.18. The van der Waals surface area contributed by atoms with Crippen LogP contribution in [0.3, 0.4) is 0 Å². The lowest BCUT2D eigenvalue weighted by atomic mass is 10.1. The third-order valence-corrected chi connectivity index (χ3v) is 5.55. The molecule has 158 valence electrons. The van der Waals surface area contributed by atoms with Crippen LogP contribution in [0, 0.1) is 12.7 Å². The molecule has 9 heteroatoms. The third kappa shape index (κ3) is 3.49. The predicted molar refractivity (Wildman–Crippen MR) is 111 cm³/mol. The number of aromatic nitrogens is 1. The van der Waals surface area contributed by atoms with Crippen molar-refractivity contribution in [1.82, 2.24) is 15.3 Å². The Hall–Kier alpha value is -2.75. The molecule has 3 aliphatic rings. The second kappa shape index (κ2) is 7.82. The summed E-state index contributed by atoms with van der Waals surface area (Å²) in [5.74, 6) is 0.0242. The molecule has 8 nitrogen and oxygen atoms in total. The molecule has 1 aromatic heterocycles. The zero-order valence-electron chi connectivity index (χ0n) is 16.9. The minimum atomic E-state index is -0.417. The van der Waals surface area contributed by atoms with E-state index in [1.807, 2.05) is 13.8 Å². The van der Waals surface area contributed by atoms with E-state index >= 15 is 0 Å². The molecule has 1 saturated heterocycles. The smallest absolute Gasteiger partial charge is 0.246 e. The number of H-pyrrole nitrogens is 1. The summed E-state index contributed by atoms with van der Waals surface area (Å²) in [5.41, 5.74) is 3.29. The molecule has 30 heavy (non-hydrogen) atoms. The minimum Gasteiger partial charge on any atom is -0.434 e. The van der Waals surface area contributed by atoms with Gasteiger partial charge in [0.05, 0.1) is 25.9 Å². The summed E-state index contributed by atoms with van der Waals surface area (Å²) < 4.78 is 32.7. The summed E-state index contributed by atoms with van der Waals surface area (Å²) in [6.45, 7) is 7.24. The molecule has 0 amide bonds. The van der Waals surface area contributed by atoms with Crippen LogP contribution in [0.15, 0.2) is 39.6 Å². The number of hydrazone groups is 1. The van der Waals surface area contributed by atoms with Crippen LogP contribution < -0.4 is 10.1 Å². The Bertz CT molecular complexity index is 1050. The topological polar surface area (TPSA) is 83.5 Å². The Morgan fingerprint density at radius 3 is 3.07 bits per heavy atom. The molecule has 1 fully saturated rings. The minimum absolute atomic E-state index is 0.0349. The van der Waals surface area contributed by atoms with E-state index in [1.54, 1.807) is 23.2 Å². The Morgan fingerprint density at radius 1 is 1.33 bits per heavy atom. The Kier molecular flexibility index (Phi) is 5.01. The SMILES string of the molecule is CC1=C2C(Oc3ccc4[nH]c(C)cc4c3F)=NC=NN2CC1OC[C@@H]1CNCCO1. The van der Waals surface area contributed by atoms with Crippen LogP contribution in [-0.4, -0.2) is 67.3 Å². The largest absolute Gasteiger partial charge is 0.434 e. The van der Waals surface area contributed by atoms with Crippen molar-refractivity contribution in [1.29, 1.82) is 0 Å². The molecule has 3 aliphatic heterocycles. The number of aryl methyl sites for hydroxylation is 1. The lowest BCUT2D eigenvalue weighted by Gasteiger charge is -2.25. The highest BCUT2D eigenvalue weighted by Gasteiger charge is 2.36. The summed E-state index contributed by atoms with van der Waals surface area (Å²) in [4.78, 5) is 7.39. The number of halogens is 1. The van der Waals surface area contributed by atoms with Crippen LogP contribution in [0.5, 0.6) is 5.75 Å². The lowest BCUT2D eigenvalue weighted by Crippen LogP contribution is -2.42. The monoisotopic (exact) mass is 413 g/mol. The van der Waals surface area contributed by atoms with Crippen molar-refractivity contribution >= 4 is 23.1 Å². The number of ether oxygens (including phenoxy) is 3. The fraction of sp³-hybridized carbons (Fsp3) is 0.429. The number of nitrogens with zero attached hydrogens (tertiary/aromatic N) is 3. The van der Waals surface area contributed by atoms with Gasteiger partial charge in [-0.05, 0) is 37.6 Å². The number of rotatable bonds is 4. The molecule has 0 radical (unpaired) electrons. The van der Waals surface area contributed by atoms with Gasteiger partial charge in [-0.2, -0.15) is 10.1 Å². The Labute approximate surface area is 173 Å². The maximum absolute atomic E-state index is 15.0. The molecule has 2 N–H and O–H groups in total. The van der Waals surface area contributed by atoms with Crippen molar-refractivity contribution in [3.8, 4) is 5.75 Å². The van der Waals surface area contributed by atoms with Crippen LogP contribution in [0.25, 0.3) is 10.9 Å². The summed E-state index contributed by atoms with van der Waals surface area (Å²) in [6.07, 6.45) is 1.29. The molecule has 0 aliphatic carbocycles. The average molecular weight is 413 g/mol. The molecule has 2 atom stereocenters. The van der Waals surface area contributed by atoms with E-state index in [4.69, 9.17) is 14.2 Å². The summed E-state index contributed by atoms with van der Waals surface area (Å²) >= 11 is 0. The van der Waals surface area contributed by atoms with Gasteiger partial charge < -0.3 is 24.5 Å². The van der Waals surface area contributed by atoms with Crippen molar-refractivity contribution in [2.45, 2.75) is 26.1 Å². The van der Waals surface area contributed by atoms with Crippen LogP contribution in [-0.2, 0) is 9.47 Å². The highest BCUT2D eigenvalue weighted by atomic mass is 19.1. The molecular weight excluding hydrogens is 389 g/mol. The van der Waals surface area contributed by atoms with E-state index in [0.717, 1.165) is 35.6 Å². The molecular formula is C21H24FN5O3. The van der Waals surface area contributed by atoms with Crippen molar-refractivity contribution in [3.05, 3.63) is 41.0 Å². The second-order valence-electron chi connectivity index (χ2n) is 7.69. The molecule has 4 heterocycles. The lowest BCUT2D eigenvalue weighted by molar-refractivity contribution is -0.0476. The van der Waals surface area contributed by atoms with Crippen molar-refractivity contribution in [2.75, 3.05) is 32.8 Å². The van der Waals surface area contributed by atoms with Gasteiger partial charge in [0.15, 0.2) is 11.6 Å². The number of aliphatic imine (C=N–C) groups is 1. The highest BCUT2D eigenvalue weighted by molar-refractivity contribution is 6.01. The molecule has 0 saturated carbocycles. The molecule has 2 aromatic rings. The number of nitrogens with one attached hydrogen (secondary N) is 2. The van der Waals surface area contributed by atoms with Crippen molar-refractivity contribution in [3.63, 3.8) is 0 Å². The number of morpholine rings is 1. The van der Waals surface area contributed by atoms with E-state index in [1.165, 1.54) is 6.34 Å². The van der Waals surface area contributed by atoms with Gasteiger partial charge in [0.25, 0.3) is 0 Å². The summed E-state index contributed by atoms with van der Waals surface area (Å²) in [7, 11) is 0. The highest BCUT2D eigenvalue weighted by Crippen LogP contribution is 2.32. The van der Waals surface area contributed by atoms with Gasteiger partial charge in [-0.3, -0.25) is 5.01 Å². The van der Waals surface area contributed by atoms with Gasteiger partial charge in [0.2, 0.25) is 5.90 Å². The first-order valence-corrected chi connectivity index (χ1v) is 10.1. The molecule has 0 bridgehead atoms. The van der Waals surface area contributed by atoms with Gasteiger partial charge >= 0.3 is 0 Å². The van der Waals surface area contributed by atoms with E-state index in [0.29, 0.717) is 31.0 Å². The standard InChI is InChI=1S/C21H24FN5O3/c1-12-7-15-16(26-12)3-4-17(19(15)22)30-21-20-13(2)18(9-27(20)25-11-24-21)29-10-14-8-23-5-6-28-14/h3-4,7,11,14,18,23,26H,5-6,8-10H2,1-2H3/t14-,18?/m0/s1. The third-order valence-electron chi connectivity index (χ3n) is 5.55. The van der Waals surface area contributed by atoms with E-state index in [9.17, 15) is 4.39 Å². The molecule has 5 rings (SSSR count). The van der Waals surface area contributed by atoms with Gasteiger partial charge in [-0.25, -0.2) is 4.39 Å².